The van der Waals surface area contributed by atoms with Gasteiger partial charge in [0, 0.05) is 0 Å². The van der Waals surface area contributed by atoms with Gasteiger partial charge in [-0.05, 0) is 22.6 Å². The van der Waals surface area contributed by atoms with Gasteiger partial charge in [0.15, 0.2) is 0 Å². The minimum Gasteiger partial charge on any atom is -0.478 e. The van der Waals surface area contributed by atoms with E-state index in [1.165, 1.54) is 0 Å². The van der Waals surface area contributed by atoms with Crippen LogP contribution in [0.2, 0.25) is 0 Å². The minimum atomic E-state index is -3.20. The molecule has 0 fully saturated rings. The van der Waals surface area contributed by atoms with Gasteiger partial charge < -0.3 is 10.2 Å². The molecule has 52 valence electrons. The third-order valence-corrected chi connectivity index (χ3v) is 1.46. The second kappa shape index (κ2) is 2.46. The highest BCUT2D eigenvalue weighted by molar-refractivity contribution is 14.1. The fourth-order valence-corrected chi connectivity index (χ4v) is 0.0915. The number of hydrogen-bond acceptors (Lipinski definition) is 2. The molecule has 6 heteroatoms. The van der Waals surface area contributed by atoms with Gasteiger partial charge in [0.2, 0.25) is 0 Å². The average molecular weight is 248 g/mol. The molecule has 0 saturated carbocycles. The van der Waals surface area contributed by atoms with Crippen molar-refractivity contribution in [2.45, 2.75) is 3.68 Å². The standard InChI is InChI=1S/C3H2FIO4/c4-3(5,1(6)7)2(8)9/h(H,6,7)(H,8,9). The summed E-state index contributed by atoms with van der Waals surface area (Å²) in [7, 11) is 0. The van der Waals surface area contributed by atoms with E-state index in [-0.39, 0.29) is 0 Å². The number of hydrogen-bond donors (Lipinski definition) is 2. The molecule has 0 aliphatic carbocycles. The Morgan fingerprint density at radius 3 is 1.56 bits per heavy atom. The Labute approximate surface area is 62.8 Å². The van der Waals surface area contributed by atoms with Crippen molar-refractivity contribution in [1.82, 2.24) is 0 Å². The third-order valence-electron chi connectivity index (χ3n) is 0.537. The molecule has 0 bridgehead atoms. The van der Waals surface area contributed by atoms with E-state index in [0.717, 1.165) is 0 Å². The molecule has 0 heterocycles. The zero-order valence-corrected chi connectivity index (χ0v) is 6.12. The van der Waals surface area contributed by atoms with Crippen LogP contribution in [0.25, 0.3) is 0 Å². The molecule has 0 saturated heterocycles. The van der Waals surface area contributed by atoms with Gasteiger partial charge in [0.05, 0.1) is 0 Å². The van der Waals surface area contributed by atoms with E-state index in [9.17, 15) is 14.0 Å². The highest BCUT2D eigenvalue weighted by Crippen LogP contribution is 2.20. The average Bonchev–Trinajstić information content (AvgIpc) is 1.65. The number of halogens is 2. The molecule has 0 rings (SSSR count). The molecule has 0 atom stereocenters. The zero-order chi connectivity index (χ0) is 7.65. The van der Waals surface area contributed by atoms with Crippen molar-refractivity contribution in [1.29, 1.82) is 0 Å². The monoisotopic (exact) mass is 248 g/mol. The van der Waals surface area contributed by atoms with E-state index in [0.29, 0.717) is 22.6 Å². The van der Waals surface area contributed by atoms with Crippen molar-refractivity contribution in [3.8, 4) is 0 Å². The Balaban J connectivity index is 4.38. The maximum atomic E-state index is 12.1. The SMILES string of the molecule is O=C(O)C(F)(I)C(=O)O. The number of carboxylic acid groups (broad SMARTS) is 2. The lowest BCUT2D eigenvalue weighted by Gasteiger charge is -2.04. The van der Waals surface area contributed by atoms with Crippen LogP contribution in [0.5, 0.6) is 0 Å². The van der Waals surface area contributed by atoms with Crippen molar-refractivity contribution in [2.24, 2.45) is 0 Å². The van der Waals surface area contributed by atoms with Crippen LogP contribution in [0.4, 0.5) is 4.39 Å². The summed E-state index contributed by atoms with van der Waals surface area (Å²) in [5.41, 5.74) is 0. The van der Waals surface area contributed by atoms with Gasteiger partial charge in [0.1, 0.15) is 0 Å². The molecule has 9 heavy (non-hydrogen) atoms. The van der Waals surface area contributed by atoms with Crippen LogP contribution in [0, 0.1) is 0 Å². The Morgan fingerprint density at radius 2 is 1.56 bits per heavy atom. The summed E-state index contributed by atoms with van der Waals surface area (Å²) in [5.74, 6) is -4.01. The maximum Gasteiger partial charge on any atom is 0.363 e. The van der Waals surface area contributed by atoms with Crippen molar-refractivity contribution in [3.05, 3.63) is 0 Å². The molecule has 0 radical (unpaired) electrons. The highest BCUT2D eigenvalue weighted by Gasteiger charge is 2.44. The largest absolute Gasteiger partial charge is 0.478 e. The summed E-state index contributed by atoms with van der Waals surface area (Å²) >= 11 is 0.690. The first-order chi connectivity index (χ1) is 3.89. The van der Waals surface area contributed by atoms with Crippen molar-refractivity contribution in [2.75, 3.05) is 0 Å². The topological polar surface area (TPSA) is 74.6 Å². The fourth-order valence-electron chi connectivity index (χ4n) is 0.0915. The summed E-state index contributed by atoms with van der Waals surface area (Å²) in [6.07, 6.45) is 0. The maximum absolute atomic E-state index is 12.1. The van der Waals surface area contributed by atoms with Crippen LogP contribution < -0.4 is 0 Å². The van der Waals surface area contributed by atoms with Gasteiger partial charge in [-0.3, -0.25) is 0 Å². The van der Waals surface area contributed by atoms with Crippen LogP contribution in [0.3, 0.4) is 0 Å². The summed E-state index contributed by atoms with van der Waals surface area (Å²) in [6, 6.07) is 0. The molecule has 0 spiro atoms. The van der Waals surface area contributed by atoms with Crippen molar-refractivity contribution >= 4 is 34.5 Å². The lowest BCUT2D eigenvalue weighted by molar-refractivity contribution is -0.157. The van der Waals surface area contributed by atoms with Gasteiger partial charge in [-0.1, -0.05) is 0 Å². The van der Waals surface area contributed by atoms with Gasteiger partial charge in [-0.25, -0.2) is 14.0 Å². The molecule has 2 N–H and O–H groups in total. The van der Waals surface area contributed by atoms with Crippen LogP contribution in [-0.2, 0) is 9.59 Å². The lowest BCUT2D eigenvalue weighted by Crippen LogP contribution is -2.35. The van der Waals surface area contributed by atoms with Gasteiger partial charge >= 0.3 is 15.6 Å². The third kappa shape index (κ3) is 1.77. The molecular weight excluding hydrogens is 246 g/mol. The van der Waals surface area contributed by atoms with Crippen LogP contribution in [-0.4, -0.2) is 25.8 Å². The Bertz CT molecular complexity index is 138. The predicted molar refractivity (Wildman–Crippen MR) is 33.1 cm³/mol. The number of carboxylic acids is 2. The smallest absolute Gasteiger partial charge is 0.363 e. The van der Waals surface area contributed by atoms with Gasteiger partial charge in [-0.15, -0.1) is 0 Å². The molecule has 0 aliphatic rings. The van der Waals surface area contributed by atoms with Gasteiger partial charge in [0.25, 0.3) is 0 Å². The van der Waals surface area contributed by atoms with E-state index in [4.69, 9.17) is 10.2 Å². The van der Waals surface area contributed by atoms with E-state index < -0.39 is 15.6 Å². The summed E-state index contributed by atoms with van der Waals surface area (Å²) < 4.78 is 8.93. The van der Waals surface area contributed by atoms with Gasteiger partial charge in [-0.2, -0.15) is 0 Å². The number of alkyl halides is 2. The second-order valence-corrected chi connectivity index (χ2v) is 2.67. The molecule has 0 aliphatic heterocycles. The molecule has 0 amide bonds. The Hall–Kier alpha value is -0.400. The van der Waals surface area contributed by atoms with E-state index in [1.807, 2.05) is 0 Å². The quantitative estimate of drug-likeness (QED) is 0.417. The molecule has 0 unspecified atom stereocenters. The molecular formula is C3H2FIO4. The summed E-state index contributed by atoms with van der Waals surface area (Å²) in [6.45, 7) is 0. The van der Waals surface area contributed by atoms with E-state index in [2.05, 4.69) is 0 Å². The number of aliphatic carboxylic acids is 2. The first-order valence-corrected chi connectivity index (χ1v) is 2.81. The van der Waals surface area contributed by atoms with E-state index >= 15 is 0 Å². The molecule has 0 aromatic rings. The fraction of sp³-hybridized carbons (Fsp3) is 0.333. The minimum absolute atomic E-state index is 0.690. The van der Waals surface area contributed by atoms with Crippen molar-refractivity contribution in [3.63, 3.8) is 0 Å². The first kappa shape index (κ1) is 8.60. The number of carbonyl (C=O) groups is 2. The van der Waals surface area contributed by atoms with Crippen LogP contribution >= 0.6 is 22.6 Å². The predicted octanol–water partition coefficient (Wildman–Crippen LogP) is 0.256. The number of rotatable bonds is 2. The summed E-state index contributed by atoms with van der Waals surface area (Å²) in [5, 5.41) is 15.7. The second-order valence-electron chi connectivity index (χ2n) is 1.18. The summed E-state index contributed by atoms with van der Waals surface area (Å²) in [4.78, 5) is 19.4. The normalized spacial score (nSPS) is 10.9. The Kier molecular flexibility index (Phi) is 2.35. The Morgan fingerprint density at radius 1 is 1.33 bits per heavy atom. The van der Waals surface area contributed by atoms with E-state index in [1.54, 1.807) is 0 Å². The molecule has 4 nitrogen and oxygen atoms in total. The molecule has 0 aromatic heterocycles. The van der Waals surface area contributed by atoms with Crippen LogP contribution in [0.15, 0.2) is 0 Å². The highest BCUT2D eigenvalue weighted by atomic mass is 127. The zero-order valence-electron chi connectivity index (χ0n) is 3.97. The van der Waals surface area contributed by atoms with Crippen LogP contribution in [0.1, 0.15) is 0 Å². The molecule has 0 aromatic carbocycles. The first-order valence-electron chi connectivity index (χ1n) is 1.73. The lowest BCUT2D eigenvalue weighted by atomic mass is 10.4. The van der Waals surface area contributed by atoms with Crippen molar-refractivity contribution < 1.29 is 24.2 Å².